The van der Waals surface area contributed by atoms with Crippen LogP contribution in [0.15, 0.2) is 18.2 Å². The van der Waals surface area contributed by atoms with Crippen molar-refractivity contribution in [1.82, 2.24) is 4.90 Å². The normalized spacial score (nSPS) is 17.9. The van der Waals surface area contributed by atoms with Crippen LogP contribution in [0.25, 0.3) is 0 Å². The Morgan fingerprint density at radius 3 is 2.68 bits per heavy atom. The van der Waals surface area contributed by atoms with Crippen molar-refractivity contribution in [2.24, 2.45) is 0 Å². The average Bonchev–Trinajstić information content (AvgIpc) is 2.64. The monoisotopic (exact) mass is 302 g/mol. The first-order valence-electron chi connectivity index (χ1n) is 8.80. The zero-order valence-corrected chi connectivity index (χ0v) is 14.3. The highest BCUT2D eigenvalue weighted by Crippen LogP contribution is 2.25. The zero-order valence-electron chi connectivity index (χ0n) is 14.3. The number of anilines is 1. The summed E-state index contributed by atoms with van der Waals surface area (Å²) in [5, 5.41) is 3.44. The Hall–Kier alpha value is -1.51. The van der Waals surface area contributed by atoms with Gasteiger partial charge in [0.1, 0.15) is 6.04 Å². The smallest absolute Gasteiger partial charge is 0.245 e. The van der Waals surface area contributed by atoms with E-state index in [9.17, 15) is 4.79 Å². The van der Waals surface area contributed by atoms with E-state index in [0.29, 0.717) is 0 Å². The van der Waals surface area contributed by atoms with E-state index in [-0.39, 0.29) is 11.9 Å². The number of carbonyl (C=O) groups excluding carboxylic acids is 1. The fraction of sp³-hybridized carbons (Fsp3) is 0.632. The maximum Gasteiger partial charge on any atom is 0.245 e. The van der Waals surface area contributed by atoms with Gasteiger partial charge in [0, 0.05) is 18.8 Å². The van der Waals surface area contributed by atoms with Crippen molar-refractivity contribution in [3.05, 3.63) is 29.3 Å². The number of hydrogen-bond donors (Lipinski definition) is 1. The standard InChI is InChI=1S/C19H30N2O/c1-4-6-7-8-9-12-21-14-16-13-15(3)10-11-18(16)20-17(5-2)19(21)22/h10-11,13,17,20H,4-9,12,14H2,1-3H3. The molecule has 3 nitrogen and oxygen atoms in total. The lowest BCUT2D eigenvalue weighted by Gasteiger charge is -2.24. The maximum absolute atomic E-state index is 12.7. The molecule has 1 aliphatic rings. The second kappa shape index (κ2) is 8.21. The van der Waals surface area contributed by atoms with E-state index in [2.05, 4.69) is 49.2 Å². The summed E-state index contributed by atoms with van der Waals surface area (Å²) in [4.78, 5) is 14.8. The Kier molecular flexibility index (Phi) is 6.29. The van der Waals surface area contributed by atoms with Crippen molar-refractivity contribution in [3.8, 4) is 0 Å². The van der Waals surface area contributed by atoms with Crippen molar-refractivity contribution >= 4 is 11.6 Å². The van der Waals surface area contributed by atoms with E-state index in [1.165, 1.54) is 36.8 Å². The molecule has 1 aromatic carbocycles. The van der Waals surface area contributed by atoms with Gasteiger partial charge in [0.25, 0.3) is 0 Å². The molecule has 1 aliphatic heterocycles. The van der Waals surface area contributed by atoms with Crippen molar-refractivity contribution in [1.29, 1.82) is 0 Å². The number of hydrogen-bond acceptors (Lipinski definition) is 2. The van der Waals surface area contributed by atoms with Gasteiger partial charge in [-0.05, 0) is 31.4 Å². The molecule has 1 N–H and O–H groups in total. The molecule has 0 bridgehead atoms. The van der Waals surface area contributed by atoms with Crippen LogP contribution in [0.2, 0.25) is 0 Å². The summed E-state index contributed by atoms with van der Waals surface area (Å²) in [7, 11) is 0. The van der Waals surface area contributed by atoms with Crippen molar-refractivity contribution < 1.29 is 4.79 Å². The van der Waals surface area contributed by atoms with Gasteiger partial charge in [0.15, 0.2) is 0 Å². The number of carbonyl (C=O) groups is 1. The van der Waals surface area contributed by atoms with Crippen LogP contribution in [0.1, 0.15) is 63.5 Å². The molecule has 0 saturated carbocycles. The van der Waals surface area contributed by atoms with Crippen LogP contribution >= 0.6 is 0 Å². The largest absolute Gasteiger partial charge is 0.373 e. The van der Waals surface area contributed by atoms with Gasteiger partial charge in [-0.15, -0.1) is 0 Å². The van der Waals surface area contributed by atoms with Gasteiger partial charge >= 0.3 is 0 Å². The minimum Gasteiger partial charge on any atom is -0.373 e. The van der Waals surface area contributed by atoms with Gasteiger partial charge in [-0.25, -0.2) is 0 Å². The van der Waals surface area contributed by atoms with E-state index in [1.54, 1.807) is 0 Å². The van der Waals surface area contributed by atoms with Crippen LogP contribution in [-0.4, -0.2) is 23.4 Å². The van der Waals surface area contributed by atoms with Gasteiger partial charge in [-0.2, -0.15) is 0 Å². The molecule has 0 saturated heterocycles. The molecule has 1 aromatic rings. The molecule has 1 atom stereocenters. The van der Waals surface area contributed by atoms with E-state index < -0.39 is 0 Å². The summed E-state index contributed by atoms with van der Waals surface area (Å²) in [6.07, 6.45) is 7.01. The lowest BCUT2D eigenvalue weighted by Crippen LogP contribution is -2.40. The predicted octanol–water partition coefficient (Wildman–Crippen LogP) is 4.50. The topological polar surface area (TPSA) is 32.3 Å². The molecule has 0 radical (unpaired) electrons. The number of unbranched alkanes of at least 4 members (excludes halogenated alkanes) is 4. The van der Waals surface area contributed by atoms with E-state index >= 15 is 0 Å². The number of aryl methyl sites for hydroxylation is 1. The van der Waals surface area contributed by atoms with Gasteiger partial charge in [0.2, 0.25) is 5.91 Å². The zero-order chi connectivity index (χ0) is 15.9. The molecule has 1 unspecified atom stereocenters. The second-order valence-corrected chi connectivity index (χ2v) is 6.44. The summed E-state index contributed by atoms with van der Waals surface area (Å²) in [6.45, 7) is 8.05. The number of fused-ring (bicyclic) bond motifs is 1. The van der Waals surface area contributed by atoms with Gasteiger partial charge in [0.05, 0.1) is 0 Å². The molecule has 2 rings (SSSR count). The molecule has 3 heteroatoms. The molecule has 0 aromatic heterocycles. The molecule has 0 aliphatic carbocycles. The van der Waals surface area contributed by atoms with Crippen LogP contribution in [0.3, 0.4) is 0 Å². The number of rotatable bonds is 7. The Morgan fingerprint density at radius 2 is 1.95 bits per heavy atom. The van der Waals surface area contributed by atoms with E-state index in [4.69, 9.17) is 0 Å². The fourth-order valence-electron chi connectivity index (χ4n) is 3.12. The molecule has 122 valence electrons. The molecular formula is C19H30N2O. The van der Waals surface area contributed by atoms with Gasteiger partial charge in [-0.3, -0.25) is 4.79 Å². The molecule has 22 heavy (non-hydrogen) atoms. The Labute approximate surface area is 135 Å². The van der Waals surface area contributed by atoms with Crippen LogP contribution in [0, 0.1) is 6.92 Å². The number of benzene rings is 1. The van der Waals surface area contributed by atoms with E-state index in [1.807, 2.05) is 0 Å². The average molecular weight is 302 g/mol. The van der Waals surface area contributed by atoms with Gasteiger partial charge in [-0.1, -0.05) is 57.2 Å². The first-order chi connectivity index (χ1) is 10.7. The lowest BCUT2D eigenvalue weighted by molar-refractivity contribution is -0.132. The third-order valence-electron chi connectivity index (χ3n) is 4.50. The summed E-state index contributed by atoms with van der Waals surface area (Å²) in [5.41, 5.74) is 3.63. The Morgan fingerprint density at radius 1 is 1.18 bits per heavy atom. The highest BCUT2D eigenvalue weighted by Gasteiger charge is 2.27. The summed E-state index contributed by atoms with van der Waals surface area (Å²) >= 11 is 0. The maximum atomic E-state index is 12.7. The molecular weight excluding hydrogens is 272 g/mol. The molecule has 1 amide bonds. The highest BCUT2D eigenvalue weighted by atomic mass is 16.2. The van der Waals surface area contributed by atoms with Crippen LogP contribution in [-0.2, 0) is 11.3 Å². The summed E-state index contributed by atoms with van der Waals surface area (Å²) in [6, 6.07) is 6.35. The first kappa shape index (κ1) is 16.9. The highest BCUT2D eigenvalue weighted by molar-refractivity contribution is 5.86. The first-order valence-corrected chi connectivity index (χ1v) is 8.80. The molecule has 0 spiro atoms. The summed E-state index contributed by atoms with van der Waals surface area (Å²) in [5.74, 6) is 0.256. The minimum absolute atomic E-state index is 0.0837. The SMILES string of the molecule is CCCCCCCN1Cc2cc(C)ccc2NC(CC)C1=O. The molecule has 0 fully saturated rings. The van der Waals surface area contributed by atoms with Crippen molar-refractivity contribution in [2.75, 3.05) is 11.9 Å². The number of nitrogens with one attached hydrogen (secondary N) is 1. The third kappa shape index (κ3) is 4.25. The quantitative estimate of drug-likeness (QED) is 0.752. The Bertz CT molecular complexity index is 498. The number of amides is 1. The fourth-order valence-corrected chi connectivity index (χ4v) is 3.12. The third-order valence-corrected chi connectivity index (χ3v) is 4.50. The minimum atomic E-state index is -0.0837. The van der Waals surface area contributed by atoms with Crippen LogP contribution in [0.4, 0.5) is 5.69 Å². The lowest BCUT2D eigenvalue weighted by atomic mass is 10.1. The molecule has 1 heterocycles. The predicted molar refractivity (Wildman–Crippen MR) is 93.1 cm³/mol. The second-order valence-electron chi connectivity index (χ2n) is 6.44. The number of nitrogens with zero attached hydrogens (tertiary/aromatic N) is 1. The Balaban J connectivity index is 2.06. The van der Waals surface area contributed by atoms with Crippen LogP contribution < -0.4 is 5.32 Å². The van der Waals surface area contributed by atoms with Crippen LogP contribution in [0.5, 0.6) is 0 Å². The van der Waals surface area contributed by atoms with Crippen molar-refractivity contribution in [3.63, 3.8) is 0 Å². The van der Waals surface area contributed by atoms with E-state index in [0.717, 1.165) is 31.6 Å². The van der Waals surface area contributed by atoms with Crippen molar-refractivity contribution in [2.45, 2.75) is 71.9 Å². The van der Waals surface area contributed by atoms with Gasteiger partial charge < -0.3 is 10.2 Å². The summed E-state index contributed by atoms with van der Waals surface area (Å²) < 4.78 is 0.